The third-order valence-electron chi connectivity index (χ3n) is 5.02. The van der Waals surface area contributed by atoms with Gasteiger partial charge in [0.1, 0.15) is 17.9 Å². The van der Waals surface area contributed by atoms with E-state index in [9.17, 15) is 23.2 Å². The summed E-state index contributed by atoms with van der Waals surface area (Å²) in [5.74, 6) is -3.72. The number of hydrogen-bond donors (Lipinski definition) is 2. The monoisotopic (exact) mass is 495 g/mol. The molecule has 2 aliphatic heterocycles. The smallest absolute Gasteiger partial charge is 0.331 e. The minimum absolute atomic E-state index is 0. The molecule has 2 fully saturated rings. The number of carbonyl (C=O) groups excluding carboxylic acids is 3. The van der Waals surface area contributed by atoms with Crippen molar-refractivity contribution in [3.63, 3.8) is 0 Å². The van der Waals surface area contributed by atoms with Gasteiger partial charge in [0.05, 0.1) is 6.04 Å². The number of imide groups is 2. The highest BCUT2D eigenvalue weighted by molar-refractivity contribution is 9.10. The topological polar surface area (TPSA) is 102 Å². The number of nitrogens with one attached hydrogen (secondary N) is 1. The lowest BCUT2D eigenvalue weighted by Gasteiger charge is -2.37. The summed E-state index contributed by atoms with van der Waals surface area (Å²) in [6.45, 7) is 0.776. The Kier molecular flexibility index (Phi) is 8.10. The summed E-state index contributed by atoms with van der Waals surface area (Å²) in [6.07, 6.45) is -1.53. The van der Waals surface area contributed by atoms with Crippen LogP contribution in [0.15, 0.2) is 22.7 Å². The van der Waals surface area contributed by atoms with Crippen LogP contribution in [0.4, 0.5) is 13.6 Å². The molecule has 160 valence electrons. The first kappa shape index (κ1) is 23.7. The van der Waals surface area contributed by atoms with E-state index in [1.54, 1.807) is 0 Å². The minimum Gasteiger partial charge on any atom is -0.381 e. The highest BCUT2D eigenvalue weighted by Gasteiger charge is 2.45. The van der Waals surface area contributed by atoms with Gasteiger partial charge in [-0.3, -0.25) is 19.8 Å². The Bertz CT molecular complexity index is 794. The fourth-order valence-electron chi connectivity index (χ4n) is 3.47. The van der Waals surface area contributed by atoms with E-state index in [-0.39, 0.29) is 18.0 Å². The lowest BCUT2D eigenvalue weighted by Crippen LogP contribution is -2.62. The van der Waals surface area contributed by atoms with Crippen LogP contribution in [0.1, 0.15) is 30.9 Å². The van der Waals surface area contributed by atoms with Gasteiger partial charge >= 0.3 is 6.03 Å². The molecule has 0 aliphatic carbocycles. The first-order chi connectivity index (χ1) is 13.3. The molecule has 0 radical (unpaired) electrons. The first-order valence-electron chi connectivity index (χ1n) is 8.90. The highest BCUT2D eigenvalue weighted by atomic mass is 79.9. The van der Waals surface area contributed by atoms with E-state index in [0.717, 1.165) is 11.0 Å². The van der Waals surface area contributed by atoms with Crippen LogP contribution in [0.25, 0.3) is 0 Å². The van der Waals surface area contributed by atoms with Crippen LogP contribution in [0.2, 0.25) is 0 Å². The number of barbiturate groups is 1. The van der Waals surface area contributed by atoms with Gasteiger partial charge in [-0.05, 0) is 31.0 Å². The zero-order chi connectivity index (χ0) is 20.4. The number of halogens is 4. The van der Waals surface area contributed by atoms with E-state index < -0.39 is 54.3 Å². The van der Waals surface area contributed by atoms with E-state index in [1.165, 1.54) is 12.1 Å². The van der Waals surface area contributed by atoms with Crippen molar-refractivity contribution in [3.8, 4) is 0 Å². The molecule has 1 aromatic carbocycles. The predicted molar refractivity (Wildman–Crippen MR) is 106 cm³/mol. The highest BCUT2D eigenvalue weighted by Crippen LogP contribution is 2.29. The standard InChI is InChI=1S/C18H20BrF2N3O4.ClH/c19-9-1-2-13(20)11(7-9)15(22)14(21)8-12-16(25)23-18(27)24(17(12)26)10-3-5-28-6-4-10;/h1-2,7,10,12,14-15H,3-6,8,22H2,(H,23,25,27);1H/t12?,14-,15-;/m0./s1. The van der Waals surface area contributed by atoms with Crippen LogP contribution in [0, 0.1) is 11.7 Å². The SMILES string of the molecule is Cl.N[C@@H](c1cc(Br)ccc1F)[C@@H](F)CC1C(=O)NC(=O)N(C2CCOCC2)C1=O. The predicted octanol–water partition coefficient (Wildman–Crippen LogP) is 2.61. The van der Waals surface area contributed by atoms with Gasteiger partial charge in [0.25, 0.3) is 0 Å². The Hall–Kier alpha value is -1.62. The fourth-order valence-corrected chi connectivity index (χ4v) is 3.85. The van der Waals surface area contributed by atoms with Gasteiger partial charge in [0, 0.05) is 35.7 Å². The molecule has 0 saturated carbocycles. The number of rotatable bonds is 5. The normalized spacial score (nSPS) is 22.7. The van der Waals surface area contributed by atoms with Gasteiger partial charge in [-0.15, -0.1) is 12.4 Å². The molecule has 2 aliphatic rings. The second-order valence-corrected chi connectivity index (χ2v) is 7.76. The molecule has 4 amide bonds. The maximum atomic E-state index is 14.8. The average Bonchev–Trinajstić information content (AvgIpc) is 2.67. The number of hydrogen-bond acceptors (Lipinski definition) is 5. The van der Waals surface area contributed by atoms with Crippen molar-refractivity contribution in [2.45, 2.75) is 37.5 Å². The molecule has 7 nitrogen and oxygen atoms in total. The van der Waals surface area contributed by atoms with Gasteiger partial charge in [-0.1, -0.05) is 15.9 Å². The summed E-state index contributed by atoms with van der Waals surface area (Å²) in [6, 6.07) is 1.37. The Morgan fingerprint density at radius 2 is 1.93 bits per heavy atom. The number of urea groups is 1. The van der Waals surface area contributed by atoms with Gasteiger partial charge < -0.3 is 10.5 Å². The number of ether oxygens (including phenoxy) is 1. The molecular formula is C18H21BrClF2N3O4. The van der Waals surface area contributed by atoms with Gasteiger partial charge in [-0.2, -0.15) is 0 Å². The van der Waals surface area contributed by atoms with Crippen LogP contribution < -0.4 is 11.1 Å². The summed E-state index contributed by atoms with van der Waals surface area (Å²) < 4.78 is 34.6. The van der Waals surface area contributed by atoms with E-state index >= 15 is 0 Å². The maximum Gasteiger partial charge on any atom is 0.331 e. The molecule has 2 heterocycles. The van der Waals surface area contributed by atoms with Crippen molar-refractivity contribution in [2.75, 3.05) is 13.2 Å². The second-order valence-electron chi connectivity index (χ2n) is 6.84. The Morgan fingerprint density at radius 1 is 1.28 bits per heavy atom. The van der Waals surface area contributed by atoms with Crippen LogP contribution >= 0.6 is 28.3 Å². The van der Waals surface area contributed by atoms with E-state index in [1.807, 2.05) is 0 Å². The molecule has 1 unspecified atom stereocenters. The Labute approximate surface area is 180 Å². The van der Waals surface area contributed by atoms with E-state index in [2.05, 4.69) is 21.2 Å². The third-order valence-corrected chi connectivity index (χ3v) is 5.52. The Morgan fingerprint density at radius 3 is 2.59 bits per heavy atom. The summed E-state index contributed by atoms with van der Waals surface area (Å²) in [5, 5.41) is 2.11. The number of alkyl halides is 1. The molecule has 3 N–H and O–H groups in total. The number of amides is 4. The molecule has 3 atom stereocenters. The lowest BCUT2D eigenvalue weighted by molar-refractivity contribution is -0.146. The lowest BCUT2D eigenvalue weighted by atomic mass is 9.91. The molecule has 2 saturated heterocycles. The van der Waals surface area contributed by atoms with E-state index in [0.29, 0.717) is 30.5 Å². The van der Waals surface area contributed by atoms with Crippen molar-refractivity contribution in [1.82, 2.24) is 10.2 Å². The van der Waals surface area contributed by atoms with E-state index in [4.69, 9.17) is 10.5 Å². The largest absolute Gasteiger partial charge is 0.381 e. The molecule has 0 spiro atoms. The zero-order valence-corrected chi connectivity index (χ0v) is 17.7. The summed E-state index contributed by atoms with van der Waals surface area (Å²) in [5.41, 5.74) is 5.78. The molecule has 0 bridgehead atoms. The molecule has 0 aromatic heterocycles. The number of carbonyl (C=O) groups is 3. The first-order valence-corrected chi connectivity index (χ1v) is 9.69. The van der Waals surface area contributed by atoms with Gasteiger partial charge in [-0.25, -0.2) is 13.6 Å². The number of nitrogens with zero attached hydrogens (tertiary/aromatic N) is 1. The fraction of sp³-hybridized carbons (Fsp3) is 0.500. The number of benzene rings is 1. The van der Waals surface area contributed by atoms with Crippen LogP contribution in [0.5, 0.6) is 0 Å². The van der Waals surface area contributed by atoms with Crippen molar-refractivity contribution in [2.24, 2.45) is 11.7 Å². The van der Waals surface area contributed by atoms with Crippen LogP contribution in [-0.2, 0) is 14.3 Å². The Balaban J connectivity index is 0.00000300. The molecular weight excluding hydrogens is 476 g/mol. The van der Waals surface area contributed by atoms with Crippen LogP contribution in [-0.4, -0.2) is 48.2 Å². The summed E-state index contributed by atoms with van der Waals surface area (Å²) >= 11 is 3.17. The van der Waals surface area contributed by atoms with Crippen molar-refractivity contribution < 1.29 is 27.9 Å². The molecule has 11 heteroatoms. The average molecular weight is 497 g/mol. The number of nitrogens with two attached hydrogens (primary N) is 1. The van der Waals surface area contributed by atoms with Gasteiger partial charge in [0.15, 0.2) is 0 Å². The minimum atomic E-state index is -1.87. The second kappa shape index (κ2) is 9.92. The third kappa shape index (κ3) is 5.11. The van der Waals surface area contributed by atoms with Gasteiger partial charge in [0.2, 0.25) is 11.8 Å². The quantitative estimate of drug-likeness (QED) is 0.610. The maximum absolute atomic E-state index is 14.8. The van der Waals surface area contributed by atoms with Crippen molar-refractivity contribution in [1.29, 1.82) is 0 Å². The zero-order valence-electron chi connectivity index (χ0n) is 15.3. The summed E-state index contributed by atoms with van der Waals surface area (Å²) in [7, 11) is 0. The molecule has 1 aromatic rings. The summed E-state index contributed by atoms with van der Waals surface area (Å²) in [4.78, 5) is 38.1. The molecule has 29 heavy (non-hydrogen) atoms. The van der Waals surface area contributed by atoms with Crippen LogP contribution in [0.3, 0.4) is 0 Å². The molecule has 3 rings (SSSR count). The van der Waals surface area contributed by atoms with Crippen molar-refractivity contribution >= 4 is 46.2 Å². The van der Waals surface area contributed by atoms with Crippen molar-refractivity contribution in [3.05, 3.63) is 34.1 Å².